The Labute approximate surface area is 145 Å². The number of hydrogen-bond donors (Lipinski definition) is 4. The number of halogens is 3. The molecule has 0 aromatic heterocycles. The highest BCUT2D eigenvalue weighted by Crippen LogP contribution is 2.46. The van der Waals surface area contributed by atoms with E-state index in [-0.39, 0.29) is 17.1 Å². The maximum absolute atomic E-state index is 13.4. The third-order valence-corrected chi connectivity index (χ3v) is 4.11. The fraction of sp³-hybridized carbons (Fsp3) is 0.467. The number of phenols is 1. The maximum atomic E-state index is 13.4. The second-order valence-corrected chi connectivity index (χ2v) is 5.70. The zero-order valence-electron chi connectivity index (χ0n) is 14.0. The van der Waals surface area contributed by atoms with Crippen molar-refractivity contribution in [3.05, 3.63) is 17.7 Å². The van der Waals surface area contributed by atoms with Gasteiger partial charge in [0.1, 0.15) is 5.78 Å². The van der Waals surface area contributed by atoms with Crippen LogP contribution in [0.1, 0.15) is 18.5 Å². The van der Waals surface area contributed by atoms with Gasteiger partial charge in [-0.05, 0) is 24.6 Å². The Balaban J connectivity index is 2.66. The lowest BCUT2D eigenvalue weighted by molar-refractivity contribution is -0.290. The fourth-order valence-corrected chi connectivity index (χ4v) is 2.90. The molecular formula is C15H17F3N2O6. The highest BCUT2D eigenvalue weighted by Gasteiger charge is 2.65. The van der Waals surface area contributed by atoms with Crippen LogP contribution in [0.5, 0.6) is 17.2 Å². The van der Waals surface area contributed by atoms with Gasteiger partial charge in [-0.2, -0.15) is 13.2 Å². The van der Waals surface area contributed by atoms with E-state index in [1.807, 2.05) is 0 Å². The number of aliphatic hydroxyl groups is 1. The number of nitrogens with one attached hydrogen (secondary N) is 2. The van der Waals surface area contributed by atoms with Gasteiger partial charge in [0.2, 0.25) is 11.5 Å². The van der Waals surface area contributed by atoms with Crippen molar-refractivity contribution in [3.8, 4) is 17.2 Å². The number of amides is 2. The van der Waals surface area contributed by atoms with E-state index in [4.69, 9.17) is 9.47 Å². The first kappa shape index (κ1) is 19.6. The van der Waals surface area contributed by atoms with Crippen LogP contribution in [0.25, 0.3) is 0 Å². The zero-order valence-corrected chi connectivity index (χ0v) is 14.0. The molecule has 1 aliphatic rings. The smallest absolute Gasteiger partial charge is 0.437 e. The predicted octanol–water partition coefficient (Wildman–Crippen LogP) is 1.22. The standard InChI is InChI=1S/C15H17F3N2O6/c1-6(21)10-11(19-13(23)20-14(10,24)15(16,17)18)7-4-8(25-2)12(22)9(5-7)26-3/h4-5,10-11,22,24H,1-3H3,(H2,19,20,23). The summed E-state index contributed by atoms with van der Waals surface area (Å²) >= 11 is 0. The molecule has 26 heavy (non-hydrogen) atoms. The van der Waals surface area contributed by atoms with Crippen molar-refractivity contribution < 1.29 is 42.4 Å². The molecule has 2 rings (SSSR count). The molecule has 144 valence electrons. The molecule has 11 heteroatoms. The van der Waals surface area contributed by atoms with Gasteiger partial charge in [-0.25, -0.2) is 4.79 Å². The predicted molar refractivity (Wildman–Crippen MR) is 80.8 cm³/mol. The van der Waals surface area contributed by atoms with Crippen molar-refractivity contribution in [2.24, 2.45) is 5.92 Å². The van der Waals surface area contributed by atoms with Crippen LogP contribution in [0.15, 0.2) is 12.1 Å². The normalized spacial score (nSPS) is 25.9. The number of ether oxygens (including phenoxy) is 2. The van der Waals surface area contributed by atoms with Crippen molar-refractivity contribution >= 4 is 11.8 Å². The number of carbonyl (C=O) groups excluding carboxylic acids is 2. The molecular weight excluding hydrogens is 361 g/mol. The third-order valence-electron chi connectivity index (χ3n) is 4.11. The van der Waals surface area contributed by atoms with Crippen molar-refractivity contribution in [1.82, 2.24) is 10.6 Å². The van der Waals surface area contributed by atoms with Crippen molar-refractivity contribution in [2.45, 2.75) is 24.9 Å². The highest BCUT2D eigenvalue weighted by atomic mass is 19.4. The summed E-state index contributed by atoms with van der Waals surface area (Å²) in [5.41, 5.74) is -3.81. The summed E-state index contributed by atoms with van der Waals surface area (Å²) in [7, 11) is 2.40. The summed E-state index contributed by atoms with van der Waals surface area (Å²) in [6.07, 6.45) is -5.32. The van der Waals surface area contributed by atoms with E-state index in [9.17, 15) is 33.0 Å². The second-order valence-electron chi connectivity index (χ2n) is 5.70. The van der Waals surface area contributed by atoms with Crippen LogP contribution in [0.2, 0.25) is 0 Å². The topological polar surface area (TPSA) is 117 Å². The average molecular weight is 378 g/mol. The van der Waals surface area contributed by atoms with Gasteiger partial charge in [0.05, 0.1) is 26.2 Å². The third kappa shape index (κ3) is 3.09. The van der Waals surface area contributed by atoms with E-state index < -0.39 is 41.4 Å². The second kappa shape index (κ2) is 6.56. The number of Topliss-reactive ketones (excluding diaryl/α,β-unsaturated/α-hetero) is 1. The van der Waals surface area contributed by atoms with E-state index in [1.165, 1.54) is 19.5 Å². The molecule has 0 aliphatic carbocycles. The van der Waals surface area contributed by atoms with Crippen molar-refractivity contribution in [1.29, 1.82) is 0 Å². The molecule has 3 unspecified atom stereocenters. The van der Waals surface area contributed by atoms with Gasteiger partial charge < -0.3 is 30.3 Å². The summed E-state index contributed by atoms with van der Waals surface area (Å²) < 4.78 is 50.1. The summed E-state index contributed by atoms with van der Waals surface area (Å²) in [5, 5.41) is 23.6. The van der Waals surface area contributed by atoms with E-state index in [0.29, 0.717) is 0 Å². The number of methoxy groups -OCH3 is 2. The summed E-state index contributed by atoms with van der Waals surface area (Å²) in [5.74, 6) is -3.83. The summed E-state index contributed by atoms with van der Waals surface area (Å²) in [4.78, 5) is 23.7. The lowest BCUT2D eigenvalue weighted by Gasteiger charge is -2.44. The highest BCUT2D eigenvalue weighted by molar-refractivity contribution is 5.86. The molecule has 1 fully saturated rings. The van der Waals surface area contributed by atoms with Crippen LogP contribution in [0.4, 0.5) is 18.0 Å². The summed E-state index contributed by atoms with van der Waals surface area (Å²) in [6, 6.07) is -0.601. The molecule has 0 saturated carbocycles. The minimum absolute atomic E-state index is 0.0331. The number of ketones is 1. The largest absolute Gasteiger partial charge is 0.502 e. The number of alkyl halides is 3. The molecule has 2 amide bonds. The number of benzene rings is 1. The molecule has 3 atom stereocenters. The molecule has 8 nitrogen and oxygen atoms in total. The molecule has 1 aromatic carbocycles. The Kier molecular flexibility index (Phi) is 4.95. The number of rotatable bonds is 4. The maximum Gasteiger partial charge on any atom is 0.437 e. The minimum Gasteiger partial charge on any atom is -0.502 e. The van der Waals surface area contributed by atoms with Gasteiger partial charge in [0.25, 0.3) is 0 Å². The van der Waals surface area contributed by atoms with Crippen LogP contribution in [-0.4, -0.2) is 48.1 Å². The summed E-state index contributed by atoms with van der Waals surface area (Å²) in [6.45, 7) is 0.864. The first-order valence-electron chi connectivity index (χ1n) is 7.29. The number of phenolic OH excluding ortho intramolecular Hbond substituents is 1. The molecule has 1 heterocycles. The molecule has 0 radical (unpaired) electrons. The number of aromatic hydroxyl groups is 1. The zero-order chi connectivity index (χ0) is 19.9. The van der Waals surface area contributed by atoms with Crippen LogP contribution in [-0.2, 0) is 4.79 Å². The SMILES string of the molecule is COc1cc(C2NC(=O)NC(O)(C(F)(F)F)C2C(C)=O)cc(OC)c1O. The molecule has 1 aromatic rings. The Hall–Kier alpha value is -2.69. The Morgan fingerprint density at radius 2 is 1.73 bits per heavy atom. The van der Waals surface area contributed by atoms with Crippen LogP contribution >= 0.6 is 0 Å². The molecule has 0 bridgehead atoms. The van der Waals surface area contributed by atoms with E-state index in [2.05, 4.69) is 5.32 Å². The average Bonchev–Trinajstić information content (AvgIpc) is 2.52. The van der Waals surface area contributed by atoms with Crippen molar-refractivity contribution in [2.75, 3.05) is 14.2 Å². The van der Waals surface area contributed by atoms with Crippen LogP contribution in [0.3, 0.4) is 0 Å². The Morgan fingerprint density at radius 1 is 1.23 bits per heavy atom. The van der Waals surface area contributed by atoms with E-state index in [1.54, 1.807) is 0 Å². The minimum atomic E-state index is -5.32. The lowest BCUT2D eigenvalue weighted by Crippen LogP contribution is -2.72. The van der Waals surface area contributed by atoms with Gasteiger partial charge in [0, 0.05) is 0 Å². The van der Waals surface area contributed by atoms with Gasteiger partial charge in [-0.3, -0.25) is 4.79 Å². The lowest BCUT2D eigenvalue weighted by atomic mass is 9.79. The number of hydrogen-bond acceptors (Lipinski definition) is 6. The fourth-order valence-electron chi connectivity index (χ4n) is 2.90. The Morgan fingerprint density at radius 3 is 2.12 bits per heavy atom. The van der Waals surface area contributed by atoms with Crippen LogP contribution < -0.4 is 20.1 Å². The van der Waals surface area contributed by atoms with E-state index >= 15 is 0 Å². The first-order valence-corrected chi connectivity index (χ1v) is 7.29. The first-order chi connectivity index (χ1) is 12.0. The Bertz CT molecular complexity index is 714. The van der Waals surface area contributed by atoms with Gasteiger partial charge in [-0.1, -0.05) is 0 Å². The van der Waals surface area contributed by atoms with Crippen LogP contribution in [0, 0.1) is 5.92 Å². The van der Waals surface area contributed by atoms with Crippen molar-refractivity contribution in [3.63, 3.8) is 0 Å². The molecule has 4 N–H and O–H groups in total. The molecule has 1 aliphatic heterocycles. The van der Waals surface area contributed by atoms with Gasteiger partial charge >= 0.3 is 12.2 Å². The quantitative estimate of drug-likeness (QED) is 0.626. The molecule has 0 spiro atoms. The molecule has 1 saturated heterocycles. The monoisotopic (exact) mass is 378 g/mol. The van der Waals surface area contributed by atoms with E-state index in [0.717, 1.165) is 19.1 Å². The van der Waals surface area contributed by atoms with Gasteiger partial charge in [0.15, 0.2) is 11.5 Å². The van der Waals surface area contributed by atoms with Gasteiger partial charge in [-0.15, -0.1) is 0 Å². The number of carbonyl (C=O) groups is 2. The number of urea groups is 1.